The molecule has 1 atom stereocenters. The molecule has 0 radical (unpaired) electrons. The van der Waals surface area contributed by atoms with Gasteiger partial charge in [0, 0.05) is 13.2 Å². The monoisotopic (exact) mass is 243 g/mol. The van der Waals surface area contributed by atoms with Crippen molar-refractivity contribution in [1.29, 1.82) is 0 Å². The Morgan fingerprint density at radius 3 is 2.62 bits per heavy atom. The number of hydrogen-bond donors (Lipinski definition) is 1. The molecule has 1 rings (SSSR count). The summed E-state index contributed by atoms with van der Waals surface area (Å²) in [5.41, 5.74) is 1.99. The lowest BCUT2D eigenvalue weighted by atomic mass is 10.2. The second-order valence-electron chi connectivity index (χ2n) is 3.74. The van der Waals surface area contributed by atoms with Crippen molar-refractivity contribution in [3.8, 4) is 0 Å². The van der Waals surface area contributed by atoms with Gasteiger partial charge < -0.3 is 10.1 Å². The van der Waals surface area contributed by atoms with Crippen LogP contribution in [0.2, 0.25) is 5.15 Å². The Morgan fingerprint density at radius 2 is 2.00 bits per heavy atom. The molecule has 1 aromatic heterocycles. The first-order valence-corrected chi connectivity index (χ1v) is 5.78. The van der Waals surface area contributed by atoms with Crippen molar-refractivity contribution in [2.75, 3.05) is 18.5 Å². The minimum Gasteiger partial charge on any atom is -0.377 e. The van der Waals surface area contributed by atoms with Crippen LogP contribution in [0.3, 0.4) is 0 Å². The average molecular weight is 244 g/mol. The van der Waals surface area contributed by atoms with Crippen LogP contribution >= 0.6 is 11.6 Å². The van der Waals surface area contributed by atoms with Gasteiger partial charge in [-0.1, -0.05) is 11.6 Å². The lowest BCUT2D eigenvalue weighted by molar-refractivity contribution is 0.0854. The second-order valence-corrected chi connectivity index (χ2v) is 4.09. The van der Waals surface area contributed by atoms with Gasteiger partial charge in [-0.05, 0) is 38.8 Å². The maximum absolute atomic E-state index is 5.87. The summed E-state index contributed by atoms with van der Waals surface area (Å²) >= 11 is 5.87. The van der Waals surface area contributed by atoms with Gasteiger partial charge in [-0.3, -0.25) is 0 Å². The predicted molar refractivity (Wildman–Crippen MR) is 66.1 cm³/mol. The van der Waals surface area contributed by atoms with Gasteiger partial charge in [-0.25, -0.2) is 0 Å². The van der Waals surface area contributed by atoms with E-state index in [4.69, 9.17) is 16.3 Å². The Bertz CT molecular complexity index is 357. The quantitative estimate of drug-likeness (QED) is 0.864. The van der Waals surface area contributed by atoms with Gasteiger partial charge in [-0.15, -0.1) is 10.2 Å². The third-order valence-corrected chi connectivity index (χ3v) is 2.83. The SMILES string of the molecule is CCOC(C)CNc1nnc(Cl)c(C)c1C. The van der Waals surface area contributed by atoms with Gasteiger partial charge in [-0.2, -0.15) is 0 Å². The molecule has 1 unspecified atom stereocenters. The highest BCUT2D eigenvalue weighted by molar-refractivity contribution is 6.30. The van der Waals surface area contributed by atoms with Crippen molar-refractivity contribution in [1.82, 2.24) is 10.2 Å². The first-order valence-electron chi connectivity index (χ1n) is 5.41. The van der Waals surface area contributed by atoms with E-state index in [1.165, 1.54) is 0 Å². The third kappa shape index (κ3) is 3.32. The molecule has 0 aliphatic rings. The number of nitrogens with zero attached hydrogens (tertiary/aromatic N) is 2. The summed E-state index contributed by atoms with van der Waals surface area (Å²) in [5, 5.41) is 11.6. The fraction of sp³-hybridized carbons (Fsp3) is 0.636. The molecule has 4 nitrogen and oxygen atoms in total. The van der Waals surface area contributed by atoms with Crippen molar-refractivity contribution in [2.24, 2.45) is 0 Å². The molecule has 0 fully saturated rings. The molecule has 0 saturated heterocycles. The Kier molecular flexibility index (Phi) is 4.96. The molecule has 0 aromatic carbocycles. The van der Waals surface area contributed by atoms with Crippen molar-refractivity contribution in [3.05, 3.63) is 16.3 Å². The molecule has 0 saturated carbocycles. The second kappa shape index (κ2) is 6.01. The van der Waals surface area contributed by atoms with Crippen molar-refractivity contribution < 1.29 is 4.74 Å². The van der Waals surface area contributed by atoms with Crippen LogP contribution in [0.5, 0.6) is 0 Å². The molecule has 0 spiro atoms. The van der Waals surface area contributed by atoms with Crippen LogP contribution in [0, 0.1) is 13.8 Å². The van der Waals surface area contributed by atoms with Crippen LogP contribution in [-0.2, 0) is 4.74 Å². The Labute approximate surface area is 101 Å². The molecule has 1 N–H and O–H groups in total. The molecule has 16 heavy (non-hydrogen) atoms. The number of ether oxygens (including phenoxy) is 1. The molecule has 0 aliphatic heterocycles. The van der Waals surface area contributed by atoms with Gasteiger partial charge in [0.1, 0.15) is 0 Å². The zero-order valence-electron chi connectivity index (χ0n) is 10.2. The summed E-state index contributed by atoms with van der Waals surface area (Å²) in [6, 6.07) is 0. The van der Waals surface area contributed by atoms with E-state index < -0.39 is 0 Å². The van der Waals surface area contributed by atoms with E-state index in [1.54, 1.807) is 0 Å². The van der Waals surface area contributed by atoms with E-state index in [9.17, 15) is 0 Å². The van der Waals surface area contributed by atoms with Gasteiger partial charge in [0.2, 0.25) is 0 Å². The van der Waals surface area contributed by atoms with Crippen LogP contribution in [0.25, 0.3) is 0 Å². The Balaban J connectivity index is 2.64. The predicted octanol–water partition coefficient (Wildman–Crippen LogP) is 2.58. The average Bonchev–Trinajstić information content (AvgIpc) is 2.25. The van der Waals surface area contributed by atoms with Gasteiger partial charge >= 0.3 is 0 Å². The van der Waals surface area contributed by atoms with Crippen LogP contribution in [0.1, 0.15) is 25.0 Å². The smallest absolute Gasteiger partial charge is 0.155 e. The summed E-state index contributed by atoms with van der Waals surface area (Å²) in [6.45, 7) is 9.33. The van der Waals surface area contributed by atoms with Crippen LogP contribution in [0.15, 0.2) is 0 Å². The summed E-state index contributed by atoms with van der Waals surface area (Å²) in [4.78, 5) is 0. The molecule has 0 aliphatic carbocycles. The minimum absolute atomic E-state index is 0.155. The van der Waals surface area contributed by atoms with Gasteiger partial charge in [0.05, 0.1) is 6.10 Å². The molecular weight excluding hydrogens is 226 g/mol. The number of halogens is 1. The van der Waals surface area contributed by atoms with Crippen molar-refractivity contribution in [3.63, 3.8) is 0 Å². The number of anilines is 1. The number of aromatic nitrogens is 2. The summed E-state index contributed by atoms with van der Waals surface area (Å²) in [5.74, 6) is 0.772. The lowest BCUT2D eigenvalue weighted by Crippen LogP contribution is -2.21. The molecular formula is C11H18ClN3O. The number of rotatable bonds is 5. The molecule has 5 heteroatoms. The molecule has 0 amide bonds. The maximum atomic E-state index is 5.87. The molecule has 0 bridgehead atoms. The standard InChI is InChI=1S/C11H18ClN3O/c1-5-16-7(2)6-13-11-9(4)8(3)10(12)14-15-11/h7H,5-6H2,1-4H3,(H,13,15). The van der Waals surface area contributed by atoms with E-state index in [0.717, 1.165) is 16.9 Å². The molecule has 1 aromatic rings. The number of nitrogens with one attached hydrogen (secondary N) is 1. The fourth-order valence-corrected chi connectivity index (χ4v) is 1.51. The first-order chi connectivity index (χ1) is 7.56. The zero-order valence-corrected chi connectivity index (χ0v) is 10.9. The van der Waals surface area contributed by atoms with E-state index in [1.807, 2.05) is 27.7 Å². The Morgan fingerprint density at radius 1 is 1.31 bits per heavy atom. The highest BCUT2D eigenvalue weighted by Gasteiger charge is 2.08. The number of hydrogen-bond acceptors (Lipinski definition) is 4. The van der Waals surface area contributed by atoms with Crippen molar-refractivity contribution >= 4 is 17.4 Å². The van der Waals surface area contributed by atoms with Crippen molar-refractivity contribution in [2.45, 2.75) is 33.8 Å². The summed E-state index contributed by atoms with van der Waals surface area (Å²) in [6.07, 6.45) is 0.155. The summed E-state index contributed by atoms with van der Waals surface area (Å²) in [7, 11) is 0. The lowest BCUT2D eigenvalue weighted by Gasteiger charge is -2.14. The molecule has 1 heterocycles. The minimum atomic E-state index is 0.155. The third-order valence-electron chi connectivity index (χ3n) is 2.47. The van der Waals surface area contributed by atoms with Crippen LogP contribution < -0.4 is 5.32 Å². The van der Waals surface area contributed by atoms with E-state index in [0.29, 0.717) is 18.3 Å². The normalized spacial score (nSPS) is 12.6. The maximum Gasteiger partial charge on any atom is 0.155 e. The van der Waals surface area contributed by atoms with E-state index >= 15 is 0 Å². The fourth-order valence-electron chi connectivity index (χ4n) is 1.33. The van der Waals surface area contributed by atoms with E-state index in [2.05, 4.69) is 15.5 Å². The highest BCUT2D eigenvalue weighted by Crippen LogP contribution is 2.20. The topological polar surface area (TPSA) is 47.0 Å². The van der Waals surface area contributed by atoms with Crippen LogP contribution in [-0.4, -0.2) is 29.5 Å². The van der Waals surface area contributed by atoms with Gasteiger partial charge in [0.25, 0.3) is 0 Å². The molecule has 90 valence electrons. The Hall–Kier alpha value is -0.870. The first kappa shape index (κ1) is 13.2. The summed E-state index contributed by atoms with van der Waals surface area (Å²) < 4.78 is 5.42. The van der Waals surface area contributed by atoms with Gasteiger partial charge in [0.15, 0.2) is 11.0 Å². The van der Waals surface area contributed by atoms with Crippen LogP contribution in [0.4, 0.5) is 5.82 Å². The zero-order chi connectivity index (χ0) is 12.1. The largest absolute Gasteiger partial charge is 0.377 e. The highest BCUT2D eigenvalue weighted by atomic mass is 35.5. The van der Waals surface area contributed by atoms with E-state index in [-0.39, 0.29) is 6.10 Å².